The normalized spacial score (nSPS) is 14.1. The van der Waals surface area contributed by atoms with Crippen LogP contribution in [0.25, 0.3) is 0 Å². The molecule has 3 rings (SSSR count). The largest absolute Gasteiger partial charge is 0.416 e. The van der Waals surface area contributed by atoms with Gasteiger partial charge >= 0.3 is 6.18 Å². The average Bonchev–Trinajstić information content (AvgIpc) is 3.14. The molecule has 1 aromatic heterocycles. The summed E-state index contributed by atoms with van der Waals surface area (Å²) in [7, 11) is 0. The van der Waals surface area contributed by atoms with Gasteiger partial charge in [-0.15, -0.1) is 0 Å². The summed E-state index contributed by atoms with van der Waals surface area (Å²) in [6, 6.07) is 9.77. The van der Waals surface area contributed by atoms with Crippen LogP contribution in [0.2, 0.25) is 0 Å². The Morgan fingerprint density at radius 1 is 1.17 bits per heavy atom. The monoisotopic (exact) mass is 420 g/mol. The predicted octanol–water partition coefficient (Wildman–Crippen LogP) is 3.45. The van der Waals surface area contributed by atoms with Crippen molar-refractivity contribution in [3.8, 4) is 0 Å². The van der Waals surface area contributed by atoms with Crippen LogP contribution in [0.15, 0.2) is 42.5 Å². The van der Waals surface area contributed by atoms with Crippen molar-refractivity contribution < 1.29 is 22.8 Å². The maximum Gasteiger partial charge on any atom is 0.416 e. The van der Waals surface area contributed by atoms with Gasteiger partial charge in [-0.2, -0.15) is 13.2 Å². The van der Waals surface area contributed by atoms with Gasteiger partial charge in [-0.1, -0.05) is 18.2 Å². The lowest BCUT2D eigenvalue weighted by molar-refractivity contribution is -0.137. The first kappa shape index (κ1) is 21.6. The second-order valence-corrected chi connectivity index (χ2v) is 7.05. The Morgan fingerprint density at radius 3 is 2.70 bits per heavy atom. The molecule has 0 saturated carbocycles. The Labute approximate surface area is 172 Å². The number of likely N-dealkylation sites (tertiary alicyclic amines) is 1. The fourth-order valence-corrected chi connectivity index (χ4v) is 3.22. The van der Waals surface area contributed by atoms with Crippen molar-refractivity contribution in [1.29, 1.82) is 0 Å². The smallest absolute Gasteiger partial charge is 0.370 e. The van der Waals surface area contributed by atoms with Crippen LogP contribution in [0.4, 0.5) is 19.0 Å². The number of aromatic nitrogens is 1. The molecule has 0 spiro atoms. The molecule has 0 bridgehead atoms. The Kier molecular flexibility index (Phi) is 6.91. The standard InChI is InChI=1S/C21H23F3N4O2/c22-21(23,24)16-6-1-5-15(13-16)14-26-20(30)17-7-2-8-18(27-17)25-10-4-12-28-11-3-9-19(28)29/h1-2,5-8,13H,3-4,9-12,14H2,(H,25,27)(H,26,30). The summed E-state index contributed by atoms with van der Waals surface area (Å²) < 4.78 is 38.4. The van der Waals surface area contributed by atoms with Gasteiger partial charge < -0.3 is 15.5 Å². The molecule has 0 atom stereocenters. The number of hydrogen-bond acceptors (Lipinski definition) is 4. The molecule has 1 aliphatic heterocycles. The zero-order valence-electron chi connectivity index (χ0n) is 16.3. The SMILES string of the molecule is O=C(NCc1cccc(C(F)(F)F)c1)c1cccc(NCCCN2CCCC2=O)n1. The zero-order chi connectivity index (χ0) is 21.6. The van der Waals surface area contributed by atoms with Crippen LogP contribution >= 0.6 is 0 Å². The number of halogens is 3. The van der Waals surface area contributed by atoms with E-state index in [4.69, 9.17) is 0 Å². The highest BCUT2D eigenvalue weighted by Gasteiger charge is 2.30. The van der Waals surface area contributed by atoms with Crippen molar-refractivity contribution in [3.63, 3.8) is 0 Å². The highest BCUT2D eigenvalue weighted by Crippen LogP contribution is 2.29. The first-order chi connectivity index (χ1) is 14.3. The number of nitrogens with one attached hydrogen (secondary N) is 2. The third-order valence-electron chi connectivity index (χ3n) is 4.77. The topological polar surface area (TPSA) is 74.3 Å². The number of hydrogen-bond donors (Lipinski definition) is 2. The Balaban J connectivity index is 1.49. The average molecular weight is 420 g/mol. The molecular formula is C21H23F3N4O2. The van der Waals surface area contributed by atoms with E-state index in [9.17, 15) is 22.8 Å². The van der Waals surface area contributed by atoms with Crippen LogP contribution in [-0.4, -0.2) is 41.3 Å². The molecule has 0 aliphatic carbocycles. The van der Waals surface area contributed by atoms with Crippen LogP contribution in [0, 0.1) is 0 Å². The van der Waals surface area contributed by atoms with Crippen molar-refractivity contribution in [2.75, 3.05) is 25.0 Å². The molecule has 1 aliphatic rings. The number of pyridine rings is 1. The molecule has 30 heavy (non-hydrogen) atoms. The third kappa shape index (κ3) is 5.95. The van der Waals surface area contributed by atoms with Crippen molar-refractivity contribution in [2.24, 2.45) is 0 Å². The van der Waals surface area contributed by atoms with Gasteiger partial charge in [-0.25, -0.2) is 4.98 Å². The molecule has 0 unspecified atom stereocenters. The maximum absolute atomic E-state index is 12.8. The van der Waals surface area contributed by atoms with E-state index in [1.165, 1.54) is 18.2 Å². The van der Waals surface area contributed by atoms with E-state index in [1.54, 1.807) is 12.1 Å². The molecule has 2 heterocycles. The molecule has 1 fully saturated rings. The van der Waals surface area contributed by atoms with Gasteiger partial charge in [0.15, 0.2) is 0 Å². The predicted molar refractivity (Wildman–Crippen MR) is 106 cm³/mol. The summed E-state index contributed by atoms with van der Waals surface area (Å²) in [6.07, 6.45) is -2.14. The lowest BCUT2D eigenvalue weighted by Gasteiger charge is -2.15. The Bertz CT molecular complexity index is 902. The first-order valence-corrected chi connectivity index (χ1v) is 9.76. The number of carbonyl (C=O) groups is 2. The second kappa shape index (κ2) is 9.60. The highest BCUT2D eigenvalue weighted by molar-refractivity contribution is 5.92. The lowest BCUT2D eigenvalue weighted by Crippen LogP contribution is -2.27. The fourth-order valence-electron chi connectivity index (χ4n) is 3.22. The fraction of sp³-hybridized carbons (Fsp3) is 0.381. The van der Waals surface area contributed by atoms with Crippen molar-refractivity contribution in [3.05, 3.63) is 59.3 Å². The van der Waals surface area contributed by atoms with Gasteiger partial charge in [0.05, 0.1) is 5.56 Å². The van der Waals surface area contributed by atoms with Gasteiger partial charge in [-0.05, 0) is 42.7 Å². The van der Waals surface area contributed by atoms with E-state index >= 15 is 0 Å². The number of nitrogens with zero attached hydrogens (tertiary/aromatic N) is 2. The van der Waals surface area contributed by atoms with Gasteiger partial charge in [-0.3, -0.25) is 9.59 Å². The van der Waals surface area contributed by atoms with Crippen molar-refractivity contribution in [1.82, 2.24) is 15.2 Å². The van der Waals surface area contributed by atoms with Crippen LogP contribution in [0.5, 0.6) is 0 Å². The lowest BCUT2D eigenvalue weighted by atomic mass is 10.1. The quantitative estimate of drug-likeness (QED) is 0.642. The Morgan fingerprint density at radius 2 is 1.97 bits per heavy atom. The summed E-state index contributed by atoms with van der Waals surface area (Å²) in [5.74, 6) is 0.237. The number of alkyl halides is 3. The van der Waals surface area contributed by atoms with E-state index in [2.05, 4.69) is 15.6 Å². The van der Waals surface area contributed by atoms with Gasteiger partial charge in [0.2, 0.25) is 5.91 Å². The molecule has 0 radical (unpaired) electrons. The van der Waals surface area contributed by atoms with E-state index in [0.717, 1.165) is 31.5 Å². The molecule has 6 nitrogen and oxygen atoms in total. The number of benzene rings is 1. The van der Waals surface area contributed by atoms with E-state index in [1.807, 2.05) is 4.90 Å². The number of carbonyl (C=O) groups excluding carboxylic acids is 2. The number of rotatable bonds is 8. The number of anilines is 1. The summed E-state index contributed by atoms with van der Waals surface area (Å²) in [5, 5.41) is 5.71. The summed E-state index contributed by atoms with van der Waals surface area (Å²) in [4.78, 5) is 30.0. The van der Waals surface area contributed by atoms with E-state index < -0.39 is 17.6 Å². The molecule has 2 N–H and O–H groups in total. The van der Waals surface area contributed by atoms with Crippen LogP contribution < -0.4 is 10.6 Å². The Hall–Kier alpha value is -3.10. The molecule has 160 valence electrons. The molecular weight excluding hydrogens is 397 g/mol. The third-order valence-corrected chi connectivity index (χ3v) is 4.77. The van der Waals surface area contributed by atoms with Crippen LogP contribution in [0.3, 0.4) is 0 Å². The molecule has 1 saturated heterocycles. The summed E-state index contributed by atoms with van der Waals surface area (Å²) in [6.45, 7) is 2.06. The minimum absolute atomic E-state index is 0.0358. The van der Waals surface area contributed by atoms with Crippen molar-refractivity contribution >= 4 is 17.6 Å². The highest BCUT2D eigenvalue weighted by atomic mass is 19.4. The maximum atomic E-state index is 12.8. The molecule has 2 aromatic rings. The van der Waals surface area contributed by atoms with E-state index in [0.29, 0.717) is 30.9 Å². The van der Waals surface area contributed by atoms with Crippen molar-refractivity contribution in [2.45, 2.75) is 32.0 Å². The summed E-state index contributed by atoms with van der Waals surface area (Å²) >= 11 is 0. The molecule has 1 aromatic carbocycles. The van der Waals surface area contributed by atoms with Crippen LogP contribution in [0.1, 0.15) is 40.9 Å². The molecule has 2 amide bonds. The minimum Gasteiger partial charge on any atom is -0.370 e. The van der Waals surface area contributed by atoms with E-state index in [-0.39, 0.29) is 18.1 Å². The first-order valence-electron chi connectivity index (χ1n) is 9.76. The summed E-state index contributed by atoms with van der Waals surface area (Å²) in [5.41, 5.74) is -0.236. The van der Waals surface area contributed by atoms with Gasteiger partial charge in [0.25, 0.3) is 5.91 Å². The number of amides is 2. The minimum atomic E-state index is -4.43. The van der Waals surface area contributed by atoms with Crippen LogP contribution in [-0.2, 0) is 17.5 Å². The van der Waals surface area contributed by atoms with Gasteiger partial charge in [0, 0.05) is 32.6 Å². The molecule has 9 heteroatoms. The second-order valence-electron chi connectivity index (χ2n) is 7.05. The van der Waals surface area contributed by atoms with Gasteiger partial charge in [0.1, 0.15) is 11.5 Å². The zero-order valence-corrected chi connectivity index (χ0v) is 16.3.